The zero-order valence-electron chi connectivity index (χ0n) is 10.0. The van der Waals surface area contributed by atoms with Gasteiger partial charge in [-0.05, 0) is 43.5 Å². The molecule has 0 aliphatic heterocycles. The van der Waals surface area contributed by atoms with Crippen molar-refractivity contribution in [2.75, 3.05) is 5.32 Å². The lowest BCUT2D eigenvalue weighted by atomic mass is 10.0. The normalized spacial score (nSPS) is 14.7. The first kappa shape index (κ1) is 11.9. The molecule has 0 aliphatic rings. The Bertz CT molecular complexity index is 322. The molecule has 0 amide bonds. The van der Waals surface area contributed by atoms with Crippen LogP contribution in [0.4, 0.5) is 5.69 Å². The first-order valence-corrected chi connectivity index (χ1v) is 5.60. The summed E-state index contributed by atoms with van der Waals surface area (Å²) in [6, 6.07) is 5.90. The maximum atomic E-state index is 9.30. The van der Waals surface area contributed by atoms with Gasteiger partial charge in [0.1, 0.15) is 5.75 Å². The molecule has 1 aromatic carbocycles. The first-order chi connectivity index (χ1) is 7.04. The van der Waals surface area contributed by atoms with Gasteiger partial charge in [0.05, 0.1) is 0 Å². The molecule has 2 unspecified atom stereocenters. The highest BCUT2D eigenvalue weighted by atomic mass is 16.3. The van der Waals surface area contributed by atoms with Crippen molar-refractivity contribution in [2.24, 2.45) is 5.92 Å². The quantitative estimate of drug-likeness (QED) is 0.740. The van der Waals surface area contributed by atoms with Gasteiger partial charge < -0.3 is 10.4 Å². The second-order valence-corrected chi connectivity index (χ2v) is 4.32. The molecule has 0 aliphatic carbocycles. The van der Waals surface area contributed by atoms with E-state index in [1.165, 1.54) is 6.42 Å². The number of anilines is 1. The Morgan fingerprint density at radius 2 is 2.00 bits per heavy atom. The highest BCUT2D eigenvalue weighted by Gasteiger charge is 2.10. The van der Waals surface area contributed by atoms with E-state index in [9.17, 15) is 5.11 Å². The summed E-state index contributed by atoms with van der Waals surface area (Å²) in [6.45, 7) is 8.64. The van der Waals surface area contributed by atoms with Crippen LogP contribution < -0.4 is 5.32 Å². The summed E-state index contributed by atoms with van der Waals surface area (Å²) < 4.78 is 0. The van der Waals surface area contributed by atoms with Gasteiger partial charge in [0, 0.05) is 11.7 Å². The number of hydrogen-bond acceptors (Lipinski definition) is 2. The van der Waals surface area contributed by atoms with Gasteiger partial charge in [-0.2, -0.15) is 0 Å². The SMILES string of the molecule is CCC(C)C(C)Nc1ccc(O)cc1C. The molecule has 15 heavy (non-hydrogen) atoms. The van der Waals surface area contributed by atoms with Crippen LogP contribution >= 0.6 is 0 Å². The van der Waals surface area contributed by atoms with Gasteiger partial charge in [0.25, 0.3) is 0 Å². The molecule has 0 radical (unpaired) electrons. The third kappa shape index (κ3) is 3.15. The highest BCUT2D eigenvalue weighted by molar-refractivity contribution is 5.53. The molecule has 0 fully saturated rings. The van der Waals surface area contributed by atoms with E-state index in [0.717, 1.165) is 11.3 Å². The van der Waals surface area contributed by atoms with E-state index in [1.54, 1.807) is 12.1 Å². The summed E-state index contributed by atoms with van der Waals surface area (Å²) in [5, 5.41) is 12.8. The van der Waals surface area contributed by atoms with Gasteiger partial charge in [-0.3, -0.25) is 0 Å². The fourth-order valence-corrected chi connectivity index (χ4v) is 1.55. The Morgan fingerprint density at radius 1 is 1.33 bits per heavy atom. The van der Waals surface area contributed by atoms with Crippen LogP contribution in [0.15, 0.2) is 18.2 Å². The topological polar surface area (TPSA) is 32.3 Å². The van der Waals surface area contributed by atoms with E-state index in [2.05, 4.69) is 26.1 Å². The number of hydrogen-bond donors (Lipinski definition) is 2. The minimum absolute atomic E-state index is 0.328. The van der Waals surface area contributed by atoms with E-state index in [0.29, 0.717) is 17.7 Å². The molecule has 2 atom stereocenters. The molecule has 1 aromatic rings. The van der Waals surface area contributed by atoms with Crippen molar-refractivity contribution in [1.29, 1.82) is 0 Å². The second kappa shape index (κ2) is 5.06. The van der Waals surface area contributed by atoms with Gasteiger partial charge >= 0.3 is 0 Å². The number of nitrogens with one attached hydrogen (secondary N) is 1. The van der Waals surface area contributed by atoms with Gasteiger partial charge in [-0.1, -0.05) is 20.3 Å². The minimum atomic E-state index is 0.328. The van der Waals surface area contributed by atoms with Crippen LogP contribution in [-0.2, 0) is 0 Å². The second-order valence-electron chi connectivity index (χ2n) is 4.32. The largest absolute Gasteiger partial charge is 0.508 e. The summed E-state index contributed by atoms with van der Waals surface area (Å²) in [4.78, 5) is 0. The molecule has 0 heterocycles. The smallest absolute Gasteiger partial charge is 0.115 e. The third-order valence-corrected chi connectivity index (χ3v) is 3.09. The third-order valence-electron chi connectivity index (χ3n) is 3.09. The van der Waals surface area contributed by atoms with Crippen LogP contribution in [0.3, 0.4) is 0 Å². The molecule has 2 heteroatoms. The Balaban J connectivity index is 2.72. The Kier molecular flexibility index (Phi) is 4.01. The van der Waals surface area contributed by atoms with Gasteiger partial charge in [0.15, 0.2) is 0 Å². The van der Waals surface area contributed by atoms with Crippen LogP contribution in [0.25, 0.3) is 0 Å². The maximum absolute atomic E-state index is 9.30. The highest BCUT2D eigenvalue weighted by Crippen LogP contribution is 2.22. The molecule has 0 spiro atoms. The number of phenolic OH excluding ortho intramolecular Hbond substituents is 1. The number of aryl methyl sites for hydroxylation is 1. The Hall–Kier alpha value is -1.18. The van der Waals surface area contributed by atoms with Crippen molar-refractivity contribution in [1.82, 2.24) is 0 Å². The standard InChI is InChI=1S/C13H21NO/c1-5-9(2)11(4)14-13-7-6-12(15)8-10(13)3/h6-9,11,14-15H,5H2,1-4H3. The molecule has 2 nitrogen and oxygen atoms in total. The molecule has 1 rings (SSSR count). The number of benzene rings is 1. The lowest BCUT2D eigenvalue weighted by molar-refractivity contribution is 0.474. The molecule has 0 saturated heterocycles. The lowest BCUT2D eigenvalue weighted by Crippen LogP contribution is -2.23. The number of aromatic hydroxyl groups is 1. The van der Waals surface area contributed by atoms with E-state index < -0.39 is 0 Å². The fraction of sp³-hybridized carbons (Fsp3) is 0.538. The maximum Gasteiger partial charge on any atom is 0.115 e. The van der Waals surface area contributed by atoms with Crippen molar-refractivity contribution >= 4 is 5.69 Å². The molecule has 0 saturated carbocycles. The average molecular weight is 207 g/mol. The van der Waals surface area contributed by atoms with Crippen LogP contribution in [-0.4, -0.2) is 11.1 Å². The fourth-order valence-electron chi connectivity index (χ4n) is 1.55. The number of phenols is 1. The van der Waals surface area contributed by atoms with Gasteiger partial charge in [0.2, 0.25) is 0 Å². The molecule has 0 bridgehead atoms. The van der Waals surface area contributed by atoms with Crippen molar-refractivity contribution < 1.29 is 5.11 Å². The summed E-state index contributed by atoms with van der Waals surface area (Å²) in [5.41, 5.74) is 2.20. The van der Waals surface area contributed by atoms with Crippen LogP contribution in [0.1, 0.15) is 32.8 Å². The van der Waals surface area contributed by atoms with Crippen LogP contribution in [0.2, 0.25) is 0 Å². The zero-order chi connectivity index (χ0) is 11.4. The zero-order valence-corrected chi connectivity index (χ0v) is 10.0. The summed E-state index contributed by atoms with van der Waals surface area (Å²) >= 11 is 0. The van der Waals surface area contributed by atoms with E-state index in [1.807, 2.05) is 13.0 Å². The van der Waals surface area contributed by atoms with Crippen LogP contribution in [0.5, 0.6) is 5.75 Å². The Labute approximate surface area is 92.3 Å². The Morgan fingerprint density at radius 3 is 2.53 bits per heavy atom. The van der Waals surface area contributed by atoms with Crippen molar-refractivity contribution in [3.63, 3.8) is 0 Å². The van der Waals surface area contributed by atoms with Gasteiger partial charge in [-0.25, -0.2) is 0 Å². The molecule has 2 N–H and O–H groups in total. The summed E-state index contributed by atoms with van der Waals surface area (Å²) in [5.74, 6) is 0.979. The molecular formula is C13H21NO. The average Bonchev–Trinajstić information content (AvgIpc) is 2.20. The first-order valence-electron chi connectivity index (χ1n) is 5.60. The van der Waals surface area contributed by atoms with E-state index >= 15 is 0 Å². The predicted molar refractivity (Wildman–Crippen MR) is 65.4 cm³/mol. The monoisotopic (exact) mass is 207 g/mol. The van der Waals surface area contributed by atoms with Crippen molar-refractivity contribution in [2.45, 2.75) is 40.2 Å². The number of rotatable bonds is 4. The molecular weight excluding hydrogens is 186 g/mol. The van der Waals surface area contributed by atoms with Crippen LogP contribution in [0, 0.1) is 12.8 Å². The predicted octanol–water partition coefficient (Wildman–Crippen LogP) is 3.55. The van der Waals surface area contributed by atoms with Gasteiger partial charge in [-0.15, -0.1) is 0 Å². The van der Waals surface area contributed by atoms with E-state index in [-0.39, 0.29) is 0 Å². The molecule has 0 aromatic heterocycles. The minimum Gasteiger partial charge on any atom is -0.508 e. The van der Waals surface area contributed by atoms with E-state index in [4.69, 9.17) is 0 Å². The lowest BCUT2D eigenvalue weighted by Gasteiger charge is -2.22. The summed E-state index contributed by atoms with van der Waals surface area (Å²) in [7, 11) is 0. The van der Waals surface area contributed by atoms with Crippen molar-refractivity contribution in [3.05, 3.63) is 23.8 Å². The summed E-state index contributed by atoms with van der Waals surface area (Å²) in [6.07, 6.45) is 1.17. The van der Waals surface area contributed by atoms with Crippen molar-refractivity contribution in [3.8, 4) is 5.75 Å². The molecule has 84 valence electrons.